The number of carbonyl (C=O) groups is 1. The van der Waals surface area contributed by atoms with Gasteiger partial charge in [0.05, 0.1) is 11.9 Å². The average molecular weight is 294 g/mol. The van der Waals surface area contributed by atoms with Gasteiger partial charge in [-0.25, -0.2) is 4.68 Å². The monoisotopic (exact) mass is 294 g/mol. The second-order valence-corrected chi connectivity index (χ2v) is 6.12. The van der Waals surface area contributed by atoms with Crippen molar-refractivity contribution in [3.05, 3.63) is 11.9 Å². The number of carbonyl (C=O) groups excluding carboxylic acids is 1. The number of aromatic nitrogens is 3. The molecule has 7 heteroatoms. The molecule has 1 aromatic rings. The molecule has 2 rings (SSSR count). The van der Waals surface area contributed by atoms with Gasteiger partial charge in [0.15, 0.2) is 0 Å². The van der Waals surface area contributed by atoms with Crippen LogP contribution in [0, 0.1) is 5.92 Å². The molecule has 1 aliphatic rings. The summed E-state index contributed by atoms with van der Waals surface area (Å²) < 4.78 is 1.63. The maximum atomic E-state index is 12.2. The van der Waals surface area contributed by atoms with Crippen LogP contribution in [0.15, 0.2) is 6.20 Å². The molecule has 0 aliphatic carbocycles. The first-order valence-electron chi connectivity index (χ1n) is 7.60. The molecule has 0 radical (unpaired) electrons. The number of amides is 1. The highest BCUT2D eigenvalue weighted by molar-refractivity contribution is 5.76. The van der Waals surface area contributed by atoms with Crippen LogP contribution >= 0.6 is 0 Å². The smallest absolute Gasteiger partial charge is 0.244 e. The quantitative estimate of drug-likeness (QED) is 0.787. The molecule has 0 saturated carbocycles. The Morgan fingerprint density at radius 1 is 1.33 bits per heavy atom. The fraction of sp³-hybridized carbons (Fsp3) is 0.786. The first-order chi connectivity index (χ1) is 10.0. The van der Waals surface area contributed by atoms with Crippen molar-refractivity contribution in [2.24, 2.45) is 5.92 Å². The second-order valence-electron chi connectivity index (χ2n) is 6.12. The predicted octanol–water partition coefficient (Wildman–Crippen LogP) is -0.202. The standard InChI is InChI=1S/C14H26N6O/c1-12(2)8-15-9-13-10-20(17-16-13)11-14(21)19-6-4-18(3)5-7-19/h10,12,15H,4-9,11H2,1-3H3. The van der Waals surface area contributed by atoms with Gasteiger partial charge in [-0.15, -0.1) is 5.10 Å². The van der Waals surface area contributed by atoms with E-state index in [1.807, 2.05) is 11.1 Å². The maximum absolute atomic E-state index is 12.2. The molecule has 1 aromatic heterocycles. The van der Waals surface area contributed by atoms with E-state index in [1.54, 1.807) is 4.68 Å². The molecule has 1 aliphatic heterocycles. The molecule has 118 valence electrons. The lowest BCUT2D eigenvalue weighted by atomic mass is 10.2. The van der Waals surface area contributed by atoms with Gasteiger partial charge in [0.25, 0.3) is 0 Å². The number of nitrogens with one attached hydrogen (secondary N) is 1. The molecule has 1 saturated heterocycles. The van der Waals surface area contributed by atoms with Crippen LogP contribution in [0.3, 0.4) is 0 Å². The van der Waals surface area contributed by atoms with Crippen molar-refractivity contribution in [1.29, 1.82) is 0 Å². The third kappa shape index (κ3) is 5.09. The van der Waals surface area contributed by atoms with E-state index in [1.165, 1.54) is 0 Å². The Balaban J connectivity index is 1.77. The highest BCUT2D eigenvalue weighted by atomic mass is 16.2. The van der Waals surface area contributed by atoms with E-state index in [-0.39, 0.29) is 12.5 Å². The fourth-order valence-electron chi connectivity index (χ4n) is 2.28. The van der Waals surface area contributed by atoms with Gasteiger partial charge in [-0.05, 0) is 19.5 Å². The molecule has 0 unspecified atom stereocenters. The second kappa shape index (κ2) is 7.51. The van der Waals surface area contributed by atoms with Gasteiger partial charge in [0.2, 0.25) is 5.91 Å². The van der Waals surface area contributed by atoms with Crippen LogP contribution in [0.4, 0.5) is 0 Å². The summed E-state index contributed by atoms with van der Waals surface area (Å²) >= 11 is 0. The zero-order chi connectivity index (χ0) is 15.2. The third-order valence-electron chi connectivity index (χ3n) is 3.60. The van der Waals surface area contributed by atoms with Gasteiger partial charge in [0.1, 0.15) is 6.54 Å². The van der Waals surface area contributed by atoms with Gasteiger partial charge in [-0.2, -0.15) is 0 Å². The van der Waals surface area contributed by atoms with E-state index in [0.29, 0.717) is 12.5 Å². The first-order valence-corrected chi connectivity index (χ1v) is 7.60. The molecular formula is C14H26N6O. The molecule has 1 fully saturated rings. The number of hydrogen-bond acceptors (Lipinski definition) is 5. The van der Waals surface area contributed by atoms with Crippen LogP contribution in [-0.2, 0) is 17.9 Å². The largest absolute Gasteiger partial charge is 0.339 e. The summed E-state index contributed by atoms with van der Waals surface area (Å²) in [6.45, 7) is 9.73. The number of nitrogens with zero attached hydrogens (tertiary/aromatic N) is 5. The van der Waals surface area contributed by atoms with Crippen molar-refractivity contribution >= 4 is 5.91 Å². The van der Waals surface area contributed by atoms with Gasteiger partial charge < -0.3 is 15.1 Å². The minimum absolute atomic E-state index is 0.120. The summed E-state index contributed by atoms with van der Waals surface area (Å²) in [5.74, 6) is 0.730. The normalized spacial score (nSPS) is 16.7. The summed E-state index contributed by atoms with van der Waals surface area (Å²) in [5.41, 5.74) is 0.877. The van der Waals surface area contributed by atoms with Crippen LogP contribution < -0.4 is 5.32 Å². The van der Waals surface area contributed by atoms with Gasteiger partial charge in [-0.3, -0.25) is 4.79 Å². The number of rotatable bonds is 6. The maximum Gasteiger partial charge on any atom is 0.244 e. The molecule has 1 N–H and O–H groups in total. The van der Waals surface area contributed by atoms with Gasteiger partial charge >= 0.3 is 0 Å². The van der Waals surface area contributed by atoms with Crippen molar-refractivity contribution < 1.29 is 4.79 Å². The van der Waals surface area contributed by atoms with Crippen molar-refractivity contribution in [3.63, 3.8) is 0 Å². The predicted molar refractivity (Wildman–Crippen MR) is 80.6 cm³/mol. The Morgan fingerprint density at radius 3 is 2.71 bits per heavy atom. The lowest BCUT2D eigenvalue weighted by molar-refractivity contribution is -0.133. The molecule has 0 atom stereocenters. The van der Waals surface area contributed by atoms with E-state index in [9.17, 15) is 4.79 Å². The van der Waals surface area contributed by atoms with Crippen LogP contribution in [0.25, 0.3) is 0 Å². The lowest BCUT2D eigenvalue weighted by Crippen LogP contribution is -2.48. The van der Waals surface area contributed by atoms with E-state index in [4.69, 9.17) is 0 Å². The first kappa shape index (κ1) is 15.9. The summed E-state index contributed by atoms with van der Waals surface area (Å²) in [6, 6.07) is 0. The molecule has 0 bridgehead atoms. The Hall–Kier alpha value is -1.47. The highest BCUT2D eigenvalue weighted by Crippen LogP contribution is 2.02. The van der Waals surface area contributed by atoms with Crippen LogP contribution in [0.1, 0.15) is 19.5 Å². The van der Waals surface area contributed by atoms with E-state index >= 15 is 0 Å². The van der Waals surface area contributed by atoms with Crippen molar-refractivity contribution in [3.8, 4) is 0 Å². The molecule has 21 heavy (non-hydrogen) atoms. The minimum Gasteiger partial charge on any atom is -0.339 e. The Bertz CT molecular complexity index is 450. The highest BCUT2D eigenvalue weighted by Gasteiger charge is 2.19. The number of hydrogen-bond donors (Lipinski definition) is 1. The number of likely N-dealkylation sites (N-methyl/N-ethyl adjacent to an activating group) is 1. The van der Waals surface area contributed by atoms with Crippen LogP contribution in [-0.4, -0.2) is 70.5 Å². The van der Waals surface area contributed by atoms with E-state index < -0.39 is 0 Å². The zero-order valence-electron chi connectivity index (χ0n) is 13.2. The molecule has 0 aromatic carbocycles. The van der Waals surface area contributed by atoms with E-state index in [0.717, 1.165) is 38.4 Å². The molecule has 2 heterocycles. The Kier molecular flexibility index (Phi) is 5.69. The molecular weight excluding hydrogens is 268 g/mol. The van der Waals surface area contributed by atoms with Crippen molar-refractivity contribution in [2.75, 3.05) is 39.8 Å². The SMILES string of the molecule is CC(C)CNCc1cn(CC(=O)N2CCN(C)CC2)nn1. The third-order valence-corrected chi connectivity index (χ3v) is 3.60. The molecule has 7 nitrogen and oxygen atoms in total. The van der Waals surface area contributed by atoms with Gasteiger partial charge in [-0.1, -0.05) is 19.1 Å². The summed E-state index contributed by atoms with van der Waals surface area (Å²) in [5, 5.41) is 11.4. The average Bonchev–Trinajstić information content (AvgIpc) is 2.86. The van der Waals surface area contributed by atoms with Crippen LogP contribution in [0.5, 0.6) is 0 Å². The fourth-order valence-corrected chi connectivity index (χ4v) is 2.28. The Labute approximate surface area is 126 Å². The number of piperazine rings is 1. The zero-order valence-corrected chi connectivity index (χ0v) is 13.2. The summed E-state index contributed by atoms with van der Waals surface area (Å²) in [6.07, 6.45) is 1.85. The van der Waals surface area contributed by atoms with Crippen LogP contribution in [0.2, 0.25) is 0 Å². The van der Waals surface area contributed by atoms with Crippen molar-refractivity contribution in [1.82, 2.24) is 30.1 Å². The molecule has 1 amide bonds. The minimum atomic E-state index is 0.120. The Morgan fingerprint density at radius 2 is 2.05 bits per heavy atom. The molecule has 0 spiro atoms. The van der Waals surface area contributed by atoms with Crippen molar-refractivity contribution in [2.45, 2.75) is 26.9 Å². The lowest BCUT2D eigenvalue weighted by Gasteiger charge is -2.32. The summed E-state index contributed by atoms with van der Waals surface area (Å²) in [4.78, 5) is 16.3. The van der Waals surface area contributed by atoms with Gasteiger partial charge in [0, 0.05) is 32.7 Å². The van der Waals surface area contributed by atoms with E-state index in [2.05, 4.69) is 41.4 Å². The topological polar surface area (TPSA) is 66.3 Å². The summed E-state index contributed by atoms with van der Waals surface area (Å²) in [7, 11) is 2.08.